The molecule has 3 N–H and O–H groups in total. The van der Waals surface area contributed by atoms with E-state index in [9.17, 15) is 8.42 Å². The van der Waals surface area contributed by atoms with Crippen molar-refractivity contribution in [2.45, 2.75) is 18.9 Å². The van der Waals surface area contributed by atoms with Crippen LogP contribution in [0.2, 0.25) is 0 Å². The van der Waals surface area contributed by atoms with Gasteiger partial charge in [-0.1, -0.05) is 0 Å². The molecule has 0 spiro atoms. The molecule has 1 fully saturated rings. The van der Waals surface area contributed by atoms with Crippen LogP contribution in [0.3, 0.4) is 0 Å². The van der Waals surface area contributed by atoms with Gasteiger partial charge in [-0.25, -0.2) is 8.42 Å². The summed E-state index contributed by atoms with van der Waals surface area (Å²) in [6.45, 7) is 0. The molecule has 1 aliphatic rings. The molecule has 0 radical (unpaired) electrons. The first-order valence-electron chi connectivity index (χ1n) is 5.48. The molecule has 1 aromatic carbocycles. The standard InChI is InChI=1S/C11H15IN2O2S/c12-8-3-4-11(10(13)6-8)14-9-2-1-5-17(15,16)7-9/h3-4,6,9,14H,1-2,5,7,13H2. The molecule has 1 saturated heterocycles. The van der Waals surface area contributed by atoms with Crippen LogP contribution in [-0.2, 0) is 9.84 Å². The molecule has 1 atom stereocenters. The van der Waals surface area contributed by atoms with Crippen molar-refractivity contribution in [2.75, 3.05) is 22.6 Å². The van der Waals surface area contributed by atoms with Gasteiger partial charge < -0.3 is 11.1 Å². The minimum atomic E-state index is -2.88. The van der Waals surface area contributed by atoms with Gasteiger partial charge in [0.2, 0.25) is 0 Å². The molecule has 1 heterocycles. The Morgan fingerprint density at radius 2 is 2.18 bits per heavy atom. The van der Waals surface area contributed by atoms with Gasteiger partial charge in [-0.05, 0) is 53.6 Å². The van der Waals surface area contributed by atoms with E-state index in [0.29, 0.717) is 11.4 Å². The van der Waals surface area contributed by atoms with Crippen LogP contribution in [0.5, 0.6) is 0 Å². The van der Waals surface area contributed by atoms with E-state index in [1.165, 1.54) is 0 Å². The number of anilines is 2. The number of benzene rings is 1. The van der Waals surface area contributed by atoms with E-state index in [4.69, 9.17) is 5.73 Å². The first kappa shape index (κ1) is 12.9. The maximum Gasteiger partial charge on any atom is 0.152 e. The Morgan fingerprint density at radius 1 is 1.41 bits per heavy atom. The van der Waals surface area contributed by atoms with Crippen molar-refractivity contribution in [3.05, 3.63) is 21.8 Å². The summed E-state index contributed by atoms with van der Waals surface area (Å²) in [7, 11) is -2.88. The lowest BCUT2D eigenvalue weighted by molar-refractivity contribution is 0.562. The number of hydrogen-bond acceptors (Lipinski definition) is 4. The van der Waals surface area contributed by atoms with Gasteiger partial charge in [0.25, 0.3) is 0 Å². The Labute approximate surface area is 115 Å². The van der Waals surface area contributed by atoms with Crippen LogP contribution in [0.1, 0.15) is 12.8 Å². The highest BCUT2D eigenvalue weighted by Gasteiger charge is 2.24. The number of halogens is 1. The van der Waals surface area contributed by atoms with Crippen molar-refractivity contribution in [3.8, 4) is 0 Å². The monoisotopic (exact) mass is 366 g/mol. The van der Waals surface area contributed by atoms with E-state index in [1.807, 2.05) is 18.2 Å². The number of nitrogen functional groups attached to an aromatic ring is 1. The van der Waals surface area contributed by atoms with Gasteiger partial charge in [0.15, 0.2) is 9.84 Å². The quantitative estimate of drug-likeness (QED) is 0.619. The third-order valence-corrected chi connectivity index (χ3v) is 5.33. The first-order chi connectivity index (χ1) is 7.96. The molecule has 17 heavy (non-hydrogen) atoms. The zero-order chi connectivity index (χ0) is 12.5. The van der Waals surface area contributed by atoms with Crippen molar-refractivity contribution in [2.24, 2.45) is 0 Å². The topological polar surface area (TPSA) is 72.2 Å². The lowest BCUT2D eigenvalue weighted by Gasteiger charge is -2.24. The molecule has 0 bridgehead atoms. The van der Waals surface area contributed by atoms with Crippen molar-refractivity contribution >= 4 is 43.8 Å². The average Bonchev–Trinajstić information content (AvgIpc) is 2.21. The fraction of sp³-hybridized carbons (Fsp3) is 0.455. The molecule has 6 heteroatoms. The summed E-state index contributed by atoms with van der Waals surface area (Å²) in [6.07, 6.45) is 1.61. The number of rotatable bonds is 2. The SMILES string of the molecule is Nc1cc(I)ccc1NC1CCCS(=O)(=O)C1. The fourth-order valence-electron chi connectivity index (χ4n) is 2.02. The summed E-state index contributed by atoms with van der Waals surface area (Å²) >= 11 is 2.19. The van der Waals surface area contributed by atoms with Crippen LogP contribution < -0.4 is 11.1 Å². The smallest absolute Gasteiger partial charge is 0.152 e. The molecule has 1 aliphatic heterocycles. The molecule has 1 aromatic rings. The molecular formula is C11H15IN2O2S. The molecular weight excluding hydrogens is 351 g/mol. The zero-order valence-electron chi connectivity index (χ0n) is 9.32. The second-order valence-corrected chi connectivity index (χ2v) is 7.80. The number of nitrogens with one attached hydrogen (secondary N) is 1. The van der Waals surface area contributed by atoms with Gasteiger partial charge in [-0.3, -0.25) is 0 Å². The van der Waals surface area contributed by atoms with Gasteiger partial charge in [0, 0.05) is 9.61 Å². The summed E-state index contributed by atoms with van der Waals surface area (Å²) in [5, 5.41) is 3.22. The van der Waals surface area contributed by atoms with Crippen molar-refractivity contribution in [3.63, 3.8) is 0 Å². The normalized spacial score (nSPS) is 23.2. The third-order valence-electron chi connectivity index (χ3n) is 2.84. The summed E-state index contributed by atoms with van der Waals surface area (Å²) in [4.78, 5) is 0. The molecule has 1 unspecified atom stereocenters. The number of nitrogens with two attached hydrogens (primary N) is 1. The average molecular weight is 366 g/mol. The Balaban J connectivity index is 2.10. The van der Waals surface area contributed by atoms with Crippen LogP contribution >= 0.6 is 22.6 Å². The molecule has 0 saturated carbocycles. The van der Waals surface area contributed by atoms with Crippen molar-refractivity contribution in [1.82, 2.24) is 0 Å². The zero-order valence-corrected chi connectivity index (χ0v) is 12.3. The van der Waals surface area contributed by atoms with Gasteiger partial charge >= 0.3 is 0 Å². The lowest BCUT2D eigenvalue weighted by atomic mass is 10.1. The minimum Gasteiger partial charge on any atom is -0.397 e. The second kappa shape index (κ2) is 5.01. The Hall–Kier alpha value is -0.500. The Bertz CT molecular complexity index is 516. The van der Waals surface area contributed by atoms with Crippen LogP contribution in [-0.4, -0.2) is 26.0 Å². The lowest BCUT2D eigenvalue weighted by Crippen LogP contribution is -2.35. The van der Waals surface area contributed by atoms with Crippen LogP contribution in [0.25, 0.3) is 0 Å². The molecule has 2 rings (SSSR count). The summed E-state index contributed by atoms with van der Waals surface area (Å²) in [5.74, 6) is 0.520. The van der Waals surface area contributed by atoms with E-state index < -0.39 is 9.84 Å². The van der Waals surface area contributed by atoms with E-state index in [-0.39, 0.29) is 11.8 Å². The number of hydrogen-bond donors (Lipinski definition) is 2. The molecule has 0 aromatic heterocycles. The van der Waals surface area contributed by atoms with Crippen molar-refractivity contribution < 1.29 is 8.42 Å². The molecule has 0 amide bonds. The third kappa shape index (κ3) is 3.48. The predicted molar refractivity (Wildman–Crippen MR) is 78.9 cm³/mol. The maximum atomic E-state index is 11.5. The Kier molecular flexibility index (Phi) is 3.82. The van der Waals surface area contributed by atoms with Crippen LogP contribution in [0.15, 0.2) is 18.2 Å². The molecule has 0 aliphatic carbocycles. The summed E-state index contributed by atoms with van der Waals surface area (Å²) in [6, 6.07) is 5.71. The molecule has 4 nitrogen and oxygen atoms in total. The van der Waals surface area contributed by atoms with E-state index in [1.54, 1.807) is 0 Å². The van der Waals surface area contributed by atoms with E-state index >= 15 is 0 Å². The van der Waals surface area contributed by atoms with Gasteiger partial charge in [0.05, 0.1) is 22.9 Å². The maximum absolute atomic E-state index is 11.5. The highest BCUT2D eigenvalue weighted by Crippen LogP contribution is 2.24. The first-order valence-corrected chi connectivity index (χ1v) is 8.38. The van der Waals surface area contributed by atoms with Gasteiger partial charge in [-0.2, -0.15) is 0 Å². The molecule has 94 valence electrons. The van der Waals surface area contributed by atoms with Crippen LogP contribution in [0, 0.1) is 3.57 Å². The number of sulfone groups is 1. The van der Waals surface area contributed by atoms with E-state index in [2.05, 4.69) is 27.9 Å². The fourth-order valence-corrected chi connectivity index (χ4v) is 4.17. The van der Waals surface area contributed by atoms with Crippen molar-refractivity contribution in [1.29, 1.82) is 0 Å². The second-order valence-electron chi connectivity index (χ2n) is 4.33. The minimum absolute atomic E-state index is 0.0175. The Morgan fingerprint density at radius 3 is 2.82 bits per heavy atom. The summed E-state index contributed by atoms with van der Waals surface area (Å²) in [5.41, 5.74) is 7.38. The predicted octanol–water partition coefficient (Wildman–Crippen LogP) is 1.86. The largest absolute Gasteiger partial charge is 0.397 e. The summed E-state index contributed by atoms with van der Waals surface area (Å²) < 4.78 is 24.1. The van der Waals surface area contributed by atoms with Gasteiger partial charge in [-0.15, -0.1) is 0 Å². The van der Waals surface area contributed by atoms with Gasteiger partial charge in [0.1, 0.15) is 0 Å². The van der Waals surface area contributed by atoms with E-state index in [0.717, 1.165) is 22.1 Å². The van der Waals surface area contributed by atoms with Crippen LogP contribution in [0.4, 0.5) is 11.4 Å². The highest BCUT2D eigenvalue weighted by atomic mass is 127. The highest BCUT2D eigenvalue weighted by molar-refractivity contribution is 14.1.